The van der Waals surface area contributed by atoms with E-state index in [-0.39, 0.29) is 22.7 Å². The van der Waals surface area contributed by atoms with Gasteiger partial charge in [0.15, 0.2) is 22.7 Å². The van der Waals surface area contributed by atoms with Crippen molar-refractivity contribution in [3.63, 3.8) is 0 Å². The standard InChI is InChI=1S/C21H17ClF3N7O3/c1-3-31-9-13(16(29-31)18(26)33)28-20(34)17-15(22)19-27-12(10-5-4-6-11(7-10)35-2)8-14(21(23,24)25)32(19)30-17/h4-9H,3H2,1-2H3,(H2,26,33)(H,28,34). The number of nitrogens with zero attached hydrogens (tertiary/aromatic N) is 5. The molecule has 0 radical (unpaired) electrons. The summed E-state index contributed by atoms with van der Waals surface area (Å²) >= 11 is 6.28. The van der Waals surface area contributed by atoms with Crippen LogP contribution in [-0.2, 0) is 12.7 Å². The van der Waals surface area contributed by atoms with Crippen LogP contribution in [0.2, 0.25) is 5.02 Å². The number of carbonyl (C=O) groups is 2. The zero-order valence-corrected chi connectivity index (χ0v) is 19.0. The van der Waals surface area contributed by atoms with Gasteiger partial charge in [-0.1, -0.05) is 23.7 Å². The Morgan fingerprint density at radius 2 is 1.94 bits per heavy atom. The highest BCUT2D eigenvalue weighted by molar-refractivity contribution is 6.37. The van der Waals surface area contributed by atoms with Crippen LogP contribution >= 0.6 is 11.6 Å². The number of hydrogen-bond donors (Lipinski definition) is 2. The van der Waals surface area contributed by atoms with Gasteiger partial charge in [0, 0.05) is 18.3 Å². The van der Waals surface area contributed by atoms with Gasteiger partial charge < -0.3 is 15.8 Å². The van der Waals surface area contributed by atoms with E-state index >= 15 is 0 Å². The third-order valence-corrected chi connectivity index (χ3v) is 5.32. The first-order valence-corrected chi connectivity index (χ1v) is 10.4. The minimum Gasteiger partial charge on any atom is -0.497 e. The fourth-order valence-electron chi connectivity index (χ4n) is 3.31. The van der Waals surface area contributed by atoms with Gasteiger partial charge in [0.25, 0.3) is 11.8 Å². The van der Waals surface area contributed by atoms with E-state index < -0.39 is 34.4 Å². The van der Waals surface area contributed by atoms with E-state index in [1.165, 1.54) is 24.1 Å². The van der Waals surface area contributed by atoms with E-state index in [1.807, 2.05) is 0 Å². The van der Waals surface area contributed by atoms with Crippen molar-refractivity contribution < 1.29 is 27.5 Å². The van der Waals surface area contributed by atoms with Crippen LogP contribution in [0.5, 0.6) is 5.75 Å². The van der Waals surface area contributed by atoms with E-state index in [1.54, 1.807) is 25.1 Å². The molecule has 0 aliphatic rings. The fourth-order valence-corrected chi connectivity index (χ4v) is 3.55. The van der Waals surface area contributed by atoms with Crippen molar-refractivity contribution in [3.05, 3.63) is 58.6 Å². The number of carbonyl (C=O) groups excluding carboxylic acids is 2. The number of fused-ring (bicyclic) bond motifs is 1. The van der Waals surface area contributed by atoms with Gasteiger partial charge in [-0.15, -0.1) is 0 Å². The van der Waals surface area contributed by atoms with E-state index in [4.69, 9.17) is 22.1 Å². The first-order valence-electron chi connectivity index (χ1n) is 10.0. The lowest BCUT2D eigenvalue weighted by molar-refractivity contribution is -0.142. The number of nitrogens with two attached hydrogens (primary N) is 1. The number of benzene rings is 1. The van der Waals surface area contributed by atoms with Gasteiger partial charge in [0.1, 0.15) is 10.8 Å². The van der Waals surface area contributed by atoms with Gasteiger partial charge >= 0.3 is 6.18 Å². The summed E-state index contributed by atoms with van der Waals surface area (Å²) in [4.78, 5) is 28.8. The molecule has 0 bridgehead atoms. The van der Waals surface area contributed by atoms with Gasteiger partial charge in [-0.25, -0.2) is 9.50 Å². The number of alkyl halides is 3. The van der Waals surface area contributed by atoms with E-state index in [0.717, 1.165) is 6.07 Å². The quantitative estimate of drug-likeness (QED) is 0.410. The maximum absolute atomic E-state index is 13.9. The number of aryl methyl sites for hydroxylation is 1. The Morgan fingerprint density at radius 3 is 2.57 bits per heavy atom. The summed E-state index contributed by atoms with van der Waals surface area (Å²) in [6.07, 6.45) is -3.50. The molecule has 3 aromatic heterocycles. The van der Waals surface area contributed by atoms with Gasteiger partial charge in [0.2, 0.25) is 0 Å². The number of amides is 2. The number of ether oxygens (including phenoxy) is 1. The Balaban J connectivity index is 1.84. The summed E-state index contributed by atoms with van der Waals surface area (Å²) < 4.78 is 48.7. The van der Waals surface area contributed by atoms with Crippen LogP contribution in [0.3, 0.4) is 0 Å². The number of hydrogen-bond acceptors (Lipinski definition) is 6. The predicted octanol–water partition coefficient (Wildman–Crippen LogP) is 3.64. The van der Waals surface area contributed by atoms with Crippen molar-refractivity contribution in [2.45, 2.75) is 19.6 Å². The summed E-state index contributed by atoms with van der Waals surface area (Å²) in [7, 11) is 1.42. The smallest absolute Gasteiger partial charge is 0.433 e. The van der Waals surface area contributed by atoms with Gasteiger partial charge in [-0.2, -0.15) is 23.4 Å². The lowest BCUT2D eigenvalue weighted by Crippen LogP contribution is -2.19. The molecule has 3 N–H and O–H groups in total. The maximum Gasteiger partial charge on any atom is 0.433 e. The molecule has 10 nitrogen and oxygen atoms in total. The van der Waals surface area contributed by atoms with Crippen LogP contribution in [0.1, 0.15) is 33.6 Å². The average molecular weight is 508 g/mol. The number of primary amides is 1. The van der Waals surface area contributed by atoms with Crippen LogP contribution in [0.4, 0.5) is 18.9 Å². The molecule has 0 atom stereocenters. The number of nitrogens with one attached hydrogen (secondary N) is 1. The molecule has 3 heterocycles. The maximum atomic E-state index is 13.9. The largest absolute Gasteiger partial charge is 0.497 e. The number of halogens is 4. The van der Waals surface area contributed by atoms with Crippen LogP contribution < -0.4 is 15.8 Å². The average Bonchev–Trinajstić information content (AvgIpc) is 3.38. The van der Waals surface area contributed by atoms with Crippen LogP contribution in [0, 0.1) is 0 Å². The molecule has 2 amide bonds. The predicted molar refractivity (Wildman–Crippen MR) is 119 cm³/mol. The molecule has 4 rings (SSSR count). The zero-order chi connectivity index (χ0) is 25.5. The molecular formula is C21H17ClF3N7O3. The second kappa shape index (κ2) is 8.91. The summed E-state index contributed by atoms with van der Waals surface area (Å²) in [5.74, 6) is -1.47. The van der Waals surface area contributed by atoms with E-state index in [2.05, 4.69) is 20.5 Å². The van der Waals surface area contributed by atoms with Gasteiger partial charge in [-0.3, -0.25) is 14.3 Å². The summed E-state index contributed by atoms with van der Waals surface area (Å²) in [6, 6.07) is 7.08. The molecule has 0 saturated heterocycles. The number of anilines is 1. The second-order valence-electron chi connectivity index (χ2n) is 7.22. The van der Waals surface area contributed by atoms with Gasteiger partial charge in [-0.05, 0) is 25.1 Å². The van der Waals surface area contributed by atoms with Crippen molar-refractivity contribution in [3.8, 4) is 17.0 Å². The molecule has 0 aliphatic heterocycles. The monoisotopic (exact) mass is 507 g/mol. The number of rotatable bonds is 6. The molecule has 0 saturated carbocycles. The molecule has 0 spiro atoms. The molecule has 0 aliphatic carbocycles. The highest BCUT2D eigenvalue weighted by Gasteiger charge is 2.37. The Kier molecular flexibility index (Phi) is 6.11. The third-order valence-electron chi connectivity index (χ3n) is 4.97. The Bertz CT molecular complexity index is 1460. The lowest BCUT2D eigenvalue weighted by atomic mass is 10.1. The normalized spacial score (nSPS) is 11.6. The van der Waals surface area contributed by atoms with Crippen LogP contribution in [0.15, 0.2) is 36.5 Å². The van der Waals surface area contributed by atoms with Crippen molar-refractivity contribution >= 4 is 34.7 Å². The number of aromatic nitrogens is 5. The molecule has 4 aromatic rings. The molecule has 0 fully saturated rings. The first kappa shape index (κ1) is 24.0. The highest BCUT2D eigenvalue weighted by Crippen LogP contribution is 2.35. The summed E-state index contributed by atoms with van der Waals surface area (Å²) in [5.41, 5.74) is 3.18. The Labute approximate surface area is 200 Å². The minimum atomic E-state index is -4.85. The molecule has 35 heavy (non-hydrogen) atoms. The summed E-state index contributed by atoms with van der Waals surface area (Å²) in [6.45, 7) is 2.11. The SMILES string of the molecule is CCn1cc(NC(=O)c2nn3c(C(F)(F)F)cc(-c4cccc(OC)c4)nc3c2Cl)c(C(N)=O)n1. The van der Waals surface area contributed by atoms with Crippen molar-refractivity contribution in [2.24, 2.45) is 5.73 Å². The molecule has 14 heteroatoms. The lowest BCUT2D eigenvalue weighted by Gasteiger charge is -2.11. The van der Waals surface area contributed by atoms with E-state index in [9.17, 15) is 22.8 Å². The van der Waals surface area contributed by atoms with Crippen molar-refractivity contribution in [1.29, 1.82) is 0 Å². The third kappa shape index (κ3) is 4.49. The summed E-state index contributed by atoms with van der Waals surface area (Å²) in [5, 5.41) is 9.67. The topological polar surface area (TPSA) is 129 Å². The molecule has 1 aromatic carbocycles. The highest BCUT2D eigenvalue weighted by atomic mass is 35.5. The molecular weight excluding hydrogens is 491 g/mol. The molecule has 182 valence electrons. The Morgan fingerprint density at radius 1 is 1.20 bits per heavy atom. The second-order valence-corrected chi connectivity index (χ2v) is 7.60. The zero-order valence-electron chi connectivity index (χ0n) is 18.2. The first-order chi connectivity index (χ1) is 16.5. The fraction of sp³-hybridized carbons (Fsp3) is 0.190. The van der Waals surface area contributed by atoms with Crippen molar-refractivity contribution in [2.75, 3.05) is 12.4 Å². The van der Waals surface area contributed by atoms with Crippen molar-refractivity contribution in [1.82, 2.24) is 24.4 Å². The van der Waals surface area contributed by atoms with Crippen LogP contribution in [0.25, 0.3) is 16.9 Å². The van der Waals surface area contributed by atoms with Crippen LogP contribution in [-0.4, -0.2) is 43.3 Å². The van der Waals surface area contributed by atoms with E-state index in [0.29, 0.717) is 22.4 Å². The number of methoxy groups -OCH3 is 1. The van der Waals surface area contributed by atoms with Gasteiger partial charge in [0.05, 0.1) is 18.5 Å². The minimum absolute atomic E-state index is 0.0430. The Hall–Kier alpha value is -4.13. The molecule has 0 unspecified atom stereocenters.